The Morgan fingerprint density at radius 1 is 1.19 bits per heavy atom. The van der Waals surface area contributed by atoms with Crippen molar-refractivity contribution in [3.63, 3.8) is 0 Å². The number of ether oxygens (including phenoxy) is 4. The molecule has 3 heterocycles. The second-order valence-electron chi connectivity index (χ2n) is 5.60. The molecule has 0 spiro atoms. The van der Waals surface area contributed by atoms with Crippen LogP contribution in [0, 0.1) is 0 Å². The van der Waals surface area contributed by atoms with Gasteiger partial charge in [-0.25, -0.2) is 9.97 Å². The zero-order chi connectivity index (χ0) is 18.8. The van der Waals surface area contributed by atoms with Crippen LogP contribution in [0.15, 0.2) is 12.7 Å². The number of fused-ring (bicyclic) bond motifs is 1. The van der Waals surface area contributed by atoms with Crippen molar-refractivity contribution in [2.24, 2.45) is 0 Å². The molecule has 26 heavy (non-hydrogen) atoms. The van der Waals surface area contributed by atoms with Crippen molar-refractivity contribution in [2.75, 3.05) is 13.7 Å². The summed E-state index contributed by atoms with van der Waals surface area (Å²) in [6.45, 7) is 2.01. The van der Waals surface area contributed by atoms with Crippen molar-refractivity contribution in [1.82, 2.24) is 19.5 Å². The molecule has 11 heteroatoms. The summed E-state index contributed by atoms with van der Waals surface area (Å²) in [6, 6.07) is 0. The molecule has 1 saturated heterocycles. The van der Waals surface area contributed by atoms with E-state index in [2.05, 4.69) is 15.0 Å². The van der Waals surface area contributed by atoms with Gasteiger partial charge in [-0.2, -0.15) is 4.98 Å². The van der Waals surface area contributed by atoms with Crippen molar-refractivity contribution in [3.05, 3.63) is 12.7 Å². The molecule has 140 valence electrons. The van der Waals surface area contributed by atoms with Crippen molar-refractivity contribution in [1.29, 1.82) is 0 Å². The normalized spacial score (nSPS) is 25.2. The molecular weight excluding hydrogens is 348 g/mol. The van der Waals surface area contributed by atoms with E-state index in [1.165, 1.54) is 38.2 Å². The van der Waals surface area contributed by atoms with Crippen LogP contribution in [0.4, 0.5) is 0 Å². The van der Waals surface area contributed by atoms with E-state index in [1.807, 2.05) is 0 Å². The second kappa shape index (κ2) is 7.22. The van der Waals surface area contributed by atoms with Gasteiger partial charge in [0.05, 0.1) is 20.0 Å². The molecule has 0 bridgehead atoms. The highest BCUT2D eigenvalue weighted by molar-refractivity contribution is 5.76. The Morgan fingerprint density at radius 3 is 2.50 bits per heavy atom. The van der Waals surface area contributed by atoms with Crippen LogP contribution in [0.5, 0.6) is 5.88 Å². The van der Waals surface area contributed by atoms with Gasteiger partial charge in [0.25, 0.3) is 0 Å². The number of carbonyl (C=O) groups is 2. The minimum Gasteiger partial charge on any atom is -0.479 e. The van der Waals surface area contributed by atoms with Gasteiger partial charge in [0.2, 0.25) is 5.88 Å². The average Bonchev–Trinajstić information content (AvgIpc) is 3.16. The first kappa shape index (κ1) is 18.0. The van der Waals surface area contributed by atoms with Gasteiger partial charge in [0.1, 0.15) is 12.4 Å². The zero-order valence-corrected chi connectivity index (χ0v) is 14.4. The van der Waals surface area contributed by atoms with Crippen molar-refractivity contribution < 1.29 is 33.6 Å². The van der Waals surface area contributed by atoms with Gasteiger partial charge in [-0.3, -0.25) is 14.2 Å². The molecule has 1 fully saturated rings. The molecule has 1 aliphatic rings. The molecule has 1 N–H and O–H groups in total. The Hall–Kier alpha value is -2.79. The smallest absolute Gasteiger partial charge is 0.303 e. The standard InChI is InChI=1S/C15H18N4O7/c1-7(21)24-11-9(4-20)26-15(12(11)25-8(2)22)19-6-18-10-13(19)16-5-17-14(10)23-3/h5-6,9,11-12,15,20H,4H2,1-3H3/t9-,11-,12+,15-/m1/s1. The highest BCUT2D eigenvalue weighted by atomic mass is 16.6. The Labute approximate surface area is 147 Å². The summed E-state index contributed by atoms with van der Waals surface area (Å²) in [4.78, 5) is 35.3. The number of hydrogen-bond donors (Lipinski definition) is 1. The van der Waals surface area contributed by atoms with Crippen LogP contribution in [0.25, 0.3) is 11.2 Å². The quantitative estimate of drug-likeness (QED) is 0.696. The predicted octanol–water partition coefficient (Wildman–Crippen LogP) is -0.412. The molecule has 1 aliphatic heterocycles. The Morgan fingerprint density at radius 2 is 1.88 bits per heavy atom. The van der Waals surface area contributed by atoms with E-state index < -0.39 is 43.1 Å². The number of imidazole rings is 1. The number of esters is 2. The highest BCUT2D eigenvalue weighted by Crippen LogP contribution is 2.36. The first-order valence-electron chi connectivity index (χ1n) is 7.78. The van der Waals surface area contributed by atoms with Gasteiger partial charge in [-0.1, -0.05) is 0 Å². The number of carbonyl (C=O) groups excluding carboxylic acids is 2. The van der Waals surface area contributed by atoms with E-state index in [1.54, 1.807) is 0 Å². The van der Waals surface area contributed by atoms with Crippen LogP contribution in [0.3, 0.4) is 0 Å². The number of aromatic nitrogens is 4. The minimum absolute atomic E-state index is 0.269. The van der Waals surface area contributed by atoms with Gasteiger partial charge >= 0.3 is 11.9 Å². The third kappa shape index (κ3) is 3.18. The van der Waals surface area contributed by atoms with Crippen LogP contribution in [0.1, 0.15) is 20.1 Å². The molecule has 0 radical (unpaired) electrons. The first-order chi connectivity index (χ1) is 12.5. The number of aliphatic hydroxyl groups excluding tert-OH is 1. The first-order valence-corrected chi connectivity index (χ1v) is 7.78. The maximum atomic E-state index is 11.6. The fourth-order valence-corrected chi connectivity index (χ4v) is 2.90. The fourth-order valence-electron chi connectivity index (χ4n) is 2.90. The van der Waals surface area contributed by atoms with Gasteiger partial charge in [-0.15, -0.1) is 0 Å². The summed E-state index contributed by atoms with van der Waals surface area (Å²) in [5, 5.41) is 9.58. The predicted molar refractivity (Wildman–Crippen MR) is 84.0 cm³/mol. The largest absolute Gasteiger partial charge is 0.479 e. The van der Waals surface area contributed by atoms with E-state index in [0.29, 0.717) is 11.2 Å². The van der Waals surface area contributed by atoms with Crippen LogP contribution >= 0.6 is 0 Å². The van der Waals surface area contributed by atoms with Gasteiger partial charge in [0.15, 0.2) is 29.6 Å². The monoisotopic (exact) mass is 366 g/mol. The van der Waals surface area contributed by atoms with E-state index in [0.717, 1.165) is 0 Å². The molecule has 0 unspecified atom stereocenters. The minimum atomic E-state index is -0.994. The van der Waals surface area contributed by atoms with Gasteiger partial charge < -0.3 is 24.1 Å². The molecule has 2 aromatic heterocycles. The molecule has 0 aliphatic carbocycles. The second-order valence-corrected chi connectivity index (χ2v) is 5.60. The maximum Gasteiger partial charge on any atom is 0.303 e. The summed E-state index contributed by atoms with van der Waals surface area (Å²) in [5.41, 5.74) is 0.760. The lowest BCUT2D eigenvalue weighted by atomic mass is 10.1. The third-order valence-electron chi connectivity index (χ3n) is 3.86. The lowest BCUT2D eigenvalue weighted by Gasteiger charge is -2.23. The number of aliphatic hydroxyl groups is 1. The summed E-state index contributed by atoms with van der Waals surface area (Å²) < 4.78 is 23.0. The molecule has 2 aromatic rings. The summed E-state index contributed by atoms with van der Waals surface area (Å²) in [6.07, 6.45) is -1.05. The molecule has 11 nitrogen and oxygen atoms in total. The molecule has 3 rings (SSSR count). The van der Waals surface area contributed by atoms with Crippen molar-refractivity contribution in [3.8, 4) is 5.88 Å². The van der Waals surface area contributed by atoms with E-state index in [-0.39, 0.29) is 5.88 Å². The molecule has 0 saturated carbocycles. The zero-order valence-electron chi connectivity index (χ0n) is 14.4. The molecule has 0 amide bonds. The van der Waals surface area contributed by atoms with Crippen molar-refractivity contribution in [2.45, 2.75) is 38.4 Å². The number of nitrogens with zero attached hydrogens (tertiary/aromatic N) is 4. The van der Waals surface area contributed by atoms with Gasteiger partial charge in [-0.05, 0) is 0 Å². The lowest BCUT2D eigenvalue weighted by Crippen LogP contribution is -2.40. The Kier molecular flexibility index (Phi) is 5.00. The Bertz CT molecular complexity index is 823. The summed E-state index contributed by atoms with van der Waals surface area (Å²) >= 11 is 0. The molecular formula is C15H18N4O7. The third-order valence-corrected chi connectivity index (χ3v) is 3.86. The molecule has 0 aromatic carbocycles. The van der Waals surface area contributed by atoms with E-state index >= 15 is 0 Å². The van der Waals surface area contributed by atoms with Crippen LogP contribution in [-0.2, 0) is 23.8 Å². The van der Waals surface area contributed by atoms with Crippen LogP contribution in [-0.4, -0.2) is 68.6 Å². The number of methoxy groups -OCH3 is 1. The lowest BCUT2D eigenvalue weighted by molar-refractivity contribution is -0.165. The SMILES string of the molecule is COc1ncnc2c1ncn2[C@@H]1O[C@H](CO)[C@@H](OC(C)=O)[C@@H]1OC(C)=O. The topological polar surface area (TPSA) is 135 Å². The van der Waals surface area contributed by atoms with Gasteiger partial charge in [0, 0.05) is 13.8 Å². The average molecular weight is 366 g/mol. The van der Waals surface area contributed by atoms with E-state index in [4.69, 9.17) is 18.9 Å². The molecule has 4 atom stereocenters. The Balaban J connectivity index is 2.04. The summed E-state index contributed by atoms with van der Waals surface area (Å²) in [7, 11) is 1.45. The number of rotatable bonds is 5. The highest BCUT2D eigenvalue weighted by Gasteiger charge is 2.50. The van der Waals surface area contributed by atoms with Crippen LogP contribution < -0.4 is 4.74 Å². The van der Waals surface area contributed by atoms with Crippen molar-refractivity contribution >= 4 is 23.1 Å². The van der Waals surface area contributed by atoms with E-state index in [9.17, 15) is 14.7 Å². The summed E-state index contributed by atoms with van der Waals surface area (Å²) in [5.74, 6) is -0.906. The maximum absolute atomic E-state index is 11.6. The van der Waals surface area contributed by atoms with Crippen LogP contribution in [0.2, 0.25) is 0 Å². The fraction of sp³-hybridized carbons (Fsp3) is 0.533. The number of hydrogen-bond acceptors (Lipinski definition) is 10.